The monoisotopic (exact) mass is 394 g/mol. The van der Waals surface area contributed by atoms with Crippen molar-refractivity contribution in [3.8, 4) is 0 Å². The van der Waals surface area contributed by atoms with E-state index in [1.165, 1.54) is 11.8 Å². The molecule has 2 aromatic rings. The van der Waals surface area contributed by atoms with Crippen molar-refractivity contribution in [3.63, 3.8) is 0 Å². The predicted molar refractivity (Wildman–Crippen MR) is 102 cm³/mol. The number of carbonyl (C=O) groups excluding carboxylic acids is 3. The Morgan fingerprint density at radius 3 is 2.54 bits per heavy atom. The van der Waals surface area contributed by atoms with E-state index < -0.39 is 18.5 Å². The minimum Gasteiger partial charge on any atom is -0.455 e. The highest BCUT2D eigenvalue weighted by Gasteiger charge is 2.11. The zero-order valence-electron chi connectivity index (χ0n) is 14.2. The second-order valence-corrected chi connectivity index (χ2v) is 6.70. The highest BCUT2D eigenvalue weighted by atomic mass is 35.5. The fourth-order valence-electron chi connectivity index (χ4n) is 2.20. The molecule has 0 aliphatic carbocycles. The van der Waals surface area contributed by atoms with E-state index in [0.29, 0.717) is 11.6 Å². The van der Waals surface area contributed by atoms with Gasteiger partial charge in [0, 0.05) is 21.8 Å². The van der Waals surface area contributed by atoms with Gasteiger partial charge in [0.05, 0.1) is 12.3 Å². The first-order valence-electron chi connectivity index (χ1n) is 8.00. The first-order valence-corrected chi connectivity index (χ1v) is 9.36. The average Bonchev–Trinajstić information content (AvgIpc) is 2.63. The predicted octanol–water partition coefficient (Wildman–Crippen LogP) is 2.38. The summed E-state index contributed by atoms with van der Waals surface area (Å²) in [6.07, 6.45) is 0. The van der Waals surface area contributed by atoms with Gasteiger partial charge in [-0.1, -0.05) is 35.9 Å². The van der Waals surface area contributed by atoms with Crippen LogP contribution in [0, 0.1) is 0 Å². The van der Waals surface area contributed by atoms with Gasteiger partial charge in [-0.2, -0.15) is 0 Å². The van der Waals surface area contributed by atoms with Crippen molar-refractivity contribution in [3.05, 3.63) is 41.4 Å². The number of rotatable bonds is 8. The van der Waals surface area contributed by atoms with Crippen molar-refractivity contribution in [1.29, 1.82) is 0 Å². The van der Waals surface area contributed by atoms with Crippen LogP contribution in [0.15, 0.2) is 41.3 Å². The summed E-state index contributed by atoms with van der Waals surface area (Å²) in [5.41, 5.74) is 0. The van der Waals surface area contributed by atoms with Gasteiger partial charge >= 0.3 is 5.97 Å². The summed E-state index contributed by atoms with van der Waals surface area (Å²) in [5.74, 6) is -1.29. The molecule has 6 nitrogen and oxygen atoms in total. The molecular weight excluding hydrogens is 376 g/mol. The van der Waals surface area contributed by atoms with Crippen LogP contribution in [0.1, 0.15) is 6.92 Å². The molecule has 2 amide bonds. The van der Waals surface area contributed by atoms with Crippen LogP contribution >= 0.6 is 23.4 Å². The van der Waals surface area contributed by atoms with Gasteiger partial charge in [-0.3, -0.25) is 14.4 Å². The second-order valence-electron chi connectivity index (χ2n) is 5.27. The van der Waals surface area contributed by atoms with Crippen LogP contribution in [0.2, 0.25) is 5.02 Å². The molecule has 0 bridgehead atoms. The largest absolute Gasteiger partial charge is 0.455 e. The SMILES string of the molecule is CCNC(=O)CNC(=O)COC(=O)CSc1cccc2cccc(Cl)c12. The molecule has 0 aliphatic rings. The number of hydrogen-bond acceptors (Lipinski definition) is 5. The lowest BCUT2D eigenvalue weighted by molar-refractivity contribution is -0.146. The van der Waals surface area contributed by atoms with Crippen molar-refractivity contribution in [2.75, 3.05) is 25.4 Å². The summed E-state index contributed by atoms with van der Waals surface area (Å²) >= 11 is 7.54. The van der Waals surface area contributed by atoms with Gasteiger partial charge in [0.25, 0.3) is 5.91 Å². The number of hydrogen-bond donors (Lipinski definition) is 2. The fraction of sp³-hybridized carbons (Fsp3) is 0.278. The van der Waals surface area contributed by atoms with Crippen molar-refractivity contribution in [1.82, 2.24) is 10.6 Å². The minimum atomic E-state index is -0.525. The molecule has 0 heterocycles. The van der Waals surface area contributed by atoms with Crippen molar-refractivity contribution in [2.45, 2.75) is 11.8 Å². The van der Waals surface area contributed by atoms with Gasteiger partial charge in [0.15, 0.2) is 6.61 Å². The Morgan fingerprint density at radius 1 is 1.08 bits per heavy atom. The number of ether oxygens (including phenoxy) is 1. The van der Waals surface area contributed by atoms with Gasteiger partial charge in [-0.05, 0) is 24.4 Å². The molecule has 0 atom stereocenters. The molecular formula is C18H19ClN2O4S. The zero-order chi connectivity index (χ0) is 18.9. The smallest absolute Gasteiger partial charge is 0.316 e. The molecule has 26 heavy (non-hydrogen) atoms. The molecule has 0 spiro atoms. The number of fused-ring (bicyclic) bond motifs is 1. The summed E-state index contributed by atoms with van der Waals surface area (Å²) in [4.78, 5) is 35.5. The number of thioether (sulfide) groups is 1. The number of carbonyl (C=O) groups is 3. The van der Waals surface area contributed by atoms with E-state index in [4.69, 9.17) is 16.3 Å². The molecule has 0 radical (unpaired) electrons. The molecule has 8 heteroatoms. The maximum atomic E-state index is 11.8. The van der Waals surface area contributed by atoms with Crippen LogP contribution in [0.5, 0.6) is 0 Å². The standard InChI is InChI=1S/C18H19ClN2O4S/c1-2-20-15(22)9-21-16(23)10-25-17(24)11-26-14-8-4-6-12-5-3-7-13(19)18(12)14/h3-8H,2,9-11H2,1H3,(H,20,22)(H,21,23). The lowest BCUT2D eigenvalue weighted by Gasteiger charge is -2.09. The Balaban J connectivity index is 1.81. The number of nitrogens with one attached hydrogen (secondary N) is 2. The third-order valence-electron chi connectivity index (χ3n) is 3.35. The third-order valence-corrected chi connectivity index (χ3v) is 4.69. The normalized spacial score (nSPS) is 10.4. The summed E-state index contributed by atoms with van der Waals surface area (Å²) < 4.78 is 4.92. The molecule has 0 aromatic heterocycles. The van der Waals surface area contributed by atoms with Crippen LogP contribution in [0.4, 0.5) is 0 Å². The molecule has 2 N–H and O–H groups in total. The van der Waals surface area contributed by atoms with Crippen LogP contribution < -0.4 is 10.6 Å². The third kappa shape index (κ3) is 5.93. The van der Waals surface area contributed by atoms with Gasteiger partial charge in [-0.15, -0.1) is 11.8 Å². The van der Waals surface area contributed by atoms with Crippen molar-refractivity contribution >= 4 is 51.9 Å². The molecule has 0 unspecified atom stereocenters. The number of halogens is 1. The van der Waals surface area contributed by atoms with E-state index in [0.717, 1.165) is 15.7 Å². The van der Waals surface area contributed by atoms with E-state index in [9.17, 15) is 14.4 Å². The molecule has 0 saturated heterocycles. The fourth-order valence-corrected chi connectivity index (χ4v) is 3.44. The average molecular weight is 395 g/mol. The van der Waals surface area contributed by atoms with Crippen LogP contribution in [0.3, 0.4) is 0 Å². The summed E-state index contributed by atoms with van der Waals surface area (Å²) in [5, 5.41) is 7.41. The summed E-state index contributed by atoms with van der Waals surface area (Å²) in [7, 11) is 0. The first-order chi connectivity index (χ1) is 12.5. The molecule has 0 saturated carbocycles. The Kier molecular flexibility index (Phi) is 7.74. The Morgan fingerprint density at radius 2 is 1.81 bits per heavy atom. The topological polar surface area (TPSA) is 84.5 Å². The summed E-state index contributed by atoms with van der Waals surface area (Å²) in [6.45, 7) is 1.70. The maximum absolute atomic E-state index is 11.8. The molecule has 0 fully saturated rings. The molecule has 2 rings (SSSR count). The molecule has 0 aliphatic heterocycles. The number of amides is 2. The zero-order valence-corrected chi connectivity index (χ0v) is 15.8. The van der Waals surface area contributed by atoms with Gasteiger partial charge in [0.2, 0.25) is 5.91 Å². The van der Waals surface area contributed by atoms with Gasteiger partial charge < -0.3 is 15.4 Å². The van der Waals surface area contributed by atoms with Crippen LogP contribution in [-0.4, -0.2) is 43.2 Å². The van der Waals surface area contributed by atoms with Gasteiger partial charge in [0.1, 0.15) is 0 Å². The van der Waals surface area contributed by atoms with Crippen LogP contribution in [-0.2, 0) is 19.1 Å². The van der Waals surface area contributed by atoms with Crippen molar-refractivity contribution < 1.29 is 19.1 Å². The maximum Gasteiger partial charge on any atom is 0.316 e. The van der Waals surface area contributed by atoms with E-state index in [1.54, 1.807) is 13.0 Å². The van der Waals surface area contributed by atoms with Crippen LogP contribution in [0.25, 0.3) is 10.8 Å². The minimum absolute atomic E-state index is 0.0495. The quantitative estimate of drug-likeness (QED) is 0.530. The second kappa shape index (κ2) is 10.0. The van der Waals surface area contributed by atoms with Gasteiger partial charge in [-0.25, -0.2) is 0 Å². The lowest BCUT2D eigenvalue weighted by Crippen LogP contribution is -2.38. The molecule has 138 valence electrons. The number of likely N-dealkylation sites (N-methyl/N-ethyl adjacent to an activating group) is 1. The summed E-state index contributed by atoms with van der Waals surface area (Å²) in [6, 6.07) is 11.3. The Labute approximate surface area is 160 Å². The lowest BCUT2D eigenvalue weighted by atomic mass is 10.1. The van der Waals surface area contributed by atoms with E-state index in [-0.39, 0.29) is 18.2 Å². The van der Waals surface area contributed by atoms with E-state index >= 15 is 0 Å². The number of benzene rings is 2. The first kappa shape index (κ1) is 20.1. The number of esters is 1. The Hall–Kier alpha value is -2.25. The molecule has 2 aromatic carbocycles. The Bertz CT molecular complexity index is 808. The highest BCUT2D eigenvalue weighted by molar-refractivity contribution is 8.00. The van der Waals surface area contributed by atoms with E-state index in [2.05, 4.69) is 10.6 Å². The van der Waals surface area contributed by atoms with E-state index in [1.807, 2.05) is 30.3 Å². The highest BCUT2D eigenvalue weighted by Crippen LogP contribution is 2.33. The van der Waals surface area contributed by atoms with Crippen molar-refractivity contribution in [2.24, 2.45) is 0 Å².